The summed E-state index contributed by atoms with van der Waals surface area (Å²) < 4.78 is 21.3. The Balaban J connectivity index is 3.22. The molecule has 6 heteroatoms. The molecule has 0 aliphatic rings. The molecule has 1 aromatic rings. The van der Waals surface area contributed by atoms with E-state index in [9.17, 15) is 4.21 Å². The number of ether oxygens (including phenoxy) is 1. The second kappa shape index (κ2) is 4.12. The number of anilines is 1. The molecule has 0 aromatic heterocycles. The summed E-state index contributed by atoms with van der Waals surface area (Å²) >= 11 is 4.76. The van der Waals surface area contributed by atoms with Gasteiger partial charge in [-0.15, -0.1) is 0 Å². The van der Waals surface area contributed by atoms with Crippen LogP contribution in [0, 0.1) is 0 Å². The molecule has 0 aliphatic heterocycles. The summed E-state index contributed by atoms with van der Waals surface area (Å²) in [6, 6.07) is 4.68. The zero-order chi connectivity index (χ0) is 10.8. The lowest BCUT2D eigenvalue weighted by atomic mass is 10.3. The van der Waals surface area contributed by atoms with Crippen LogP contribution in [0.5, 0.6) is 5.75 Å². The number of hydrogen-bond donors (Lipinski definition) is 1. The van der Waals surface area contributed by atoms with Crippen LogP contribution in [-0.4, -0.2) is 18.4 Å². The van der Waals surface area contributed by atoms with Crippen molar-refractivity contribution < 1.29 is 13.1 Å². The summed E-state index contributed by atoms with van der Waals surface area (Å²) in [5.41, 5.74) is 6.02. The predicted octanol–water partition coefficient (Wildman–Crippen LogP) is 0.944. The number of rotatable bonds is 3. The van der Waals surface area contributed by atoms with Crippen LogP contribution in [0.1, 0.15) is 0 Å². The molecular weight excluding hydrogens is 222 g/mol. The highest BCUT2D eigenvalue weighted by Crippen LogP contribution is 2.25. The van der Waals surface area contributed by atoms with Gasteiger partial charge in [0, 0.05) is 11.2 Å². The Morgan fingerprint density at radius 2 is 2.07 bits per heavy atom. The second-order valence-corrected chi connectivity index (χ2v) is 5.55. The lowest BCUT2D eigenvalue weighted by Crippen LogP contribution is -2.02. The second-order valence-electron chi connectivity index (χ2n) is 2.52. The van der Waals surface area contributed by atoms with Gasteiger partial charge in [0.25, 0.3) is 0 Å². The maximum atomic E-state index is 11.6. The van der Waals surface area contributed by atoms with Gasteiger partial charge in [-0.2, -0.15) is 0 Å². The van der Waals surface area contributed by atoms with Crippen molar-refractivity contribution in [2.24, 2.45) is 0 Å². The van der Waals surface area contributed by atoms with Gasteiger partial charge in [-0.1, -0.05) is 0 Å². The average molecular weight is 233 g/mol. The number of nitrogen functional groups attached to an aromatic ring is 1. The molecule has 0 saturated heterocycles. The SMILES string of the molecule is COc1ccc(S(=O)(=S)OC)cc1N. The lowest BCUT2D eigenvalue weighted by molar-refractivity contribution is 0.416. The minimum Gasteiger partial charge on any atom is -0.495 e. The number of nitrogens with two attached hydrogens (primary N) is 1. The highest BCUT2D eigenvalue weighted by Gasteiger charge is 2.10. The van der Waals surface area contributed by atoms with Gasteiger partial charge in [0.15, 0.2) is 8.77 Å². The summed E-state index contributed by atoms with van der Waals surface area (Å²) in [5, 5.41) is 0. The number of benzene rings is 1. The van der Waals surface area contributed by atoms with E-state index in [4.69, 9.17) is 25.8 Å². The molecule has 0 radical (unpaired) electrons. The summed E-state index contributed by atoms with van der Waals surface area (Å²) in [5.74, 6) is 0.523. The molecule has 1 rings (SSSR count). The fourth-order valence-corrected chi connectivity index (χ4v) is 1.97. The summed E-state index contributed by atoms with van der Waals surface area (Å²) in [4.78, 5) is 0.383. The van der Waals surface area contributed by atoms with Crippen LogP contribution in [0.4, 0.5) is 5.69 Å². The molecule has 0 saturated carbocycles. The lowest BCUT2D eigenvalue weighted by Gasteiger charge is -2.08. The van der Waals surface area contributed by atoms with Crippen molar-refractivity contribution in [2.45, 2.75) is 4.90 Å². The third-order valence-corrected chi connectivity index (χ3v) is 3.96. The van der Waals surface area contributed by atoms with Crippen LogP contribution in [0.25, 0.3) is 0 Å². The summed E-state index contributed by atoms with van der Waals surface area (Å²) in [6.45, 7) is 0. The van der Waals surface area contributed by atoms with Crippen LogP contribution in [0.2, 0.25) is 0 Å². The normalized spacial score (nSPS) is 14.7. The van der Waals surface area contributed by atoms with Gasteiger partial charge < -0.3 is 10.5 Å². The highest BCUT2D eigenvalue weighted by molar-refractivity contribution is 8.30. The topological polar surface area (TPSA) is 61.5 Å². The van der Waals surface area contributed by atoms with Gasteiger partial charge in [0.05, 0.1) is 24.8 Å². The first-order valence-electron chi connectivity index (χ1n) is 3.75. The Morgan fingerprint density at radius 1 is 1.43 bits per heavy atom. The molecule has 0 aliphatic carbocycles. The van der Waals surface area contributed by atoms with Crippen LogP contribution < -0.4 is 10.5 Å². The minimum absolute atomic E-state index is 0.383. The van der Waals surface area contributed by atoms with E-state index in [1.54, 1.807) is 12.1 Å². The van der Waals surface area contributed by atoms with Gasteiger partial charge >= 0.3 is 0 Å². The zero-order valence-corrected chi connectivity index (χ0v) is 9.48. The molecular formula is C8H11NO3S2. The zero-order valence-electron chi connectivity index (χ0n) is 7.85. The Hall–Kier alpha value is -0.850. The fraction of sp³-hybridized carbons (Fsp3) is 0.250. The van der Waals surface area contributed by atoms with E-state index in [0.717, 1.165) is 0 Å². The molecule has 0 spiro atoms. The Labute approximate surface area is 87.9 Å². The van der Waals surface area contributed by atoms with Gasteiger partial charge in [-0.05, 0) is 18.2 Å². The van der Waals surface area contributed by atoms with Crippen molar-refractivity contribution in [1.29, 1.82) is 0 Å². The molecule has 0 bridgehead atoms. The maximum absolute atomic E-state index is 11.6. The third-order valence-electron chi connectivity index (χ3n) is 1.71. The maximum Gasteiger partial charge on any atom is 0.173 e. The van der Waals surface area contributed by atoms with Gasteiger partial charge in [0.2, 0.25) is 0 Å². The van der Waals surface area contributed by atoms with Crippen molar-refractivity contribution in [1.82, 2.24) is 0 Å². The van der Waals surface area contributed by atoms with Crippen molar-refractivity contribution in [2.75, 3.05) is 20.0 Å². The van der Waals surface area contributed by atoms with Crippen molar-refractivity contribution in [3.05, 3.63) is 18.2 Å². The van der Waals surface area contributed by atoms with Crippen molar-refractivity contribution in [3.63, 3.8) is 0 Å². The fourth-order valence-electron chi connectivity index (χ4n) is 0.964. The molecule has 0 amide bonds. The number of methoxy groups -OCH3 is 1. The molecule has 0 heterocycles. The first-order valence-corrected chi connectivity index (χ1v) is 6.16. The van der Waals surface area contributed by atoms with E-state index < -0.39 is 8.77 Å². The molecule has 78 valence electrons. The highest BCUT2D eigenvalue weighted by atomic mass is 32.8. The molecule has 4 nitrogen and oxygen atoms in total. The quantitative estimate of drug-likeness (QED) is 0.787. The van der Waals surface area contributed by atoms with Crippen LogP contribution >= 0.6 is 0 Å². The molecule has 1 atom stereocenters. The van der Waals surface area contributed by atoms with Crippen LogP contribution in [0.15, 0.2) is 23.1 Å². The van der Waals surface area contributed by atoms with Crippen LogP contribution in [0.3, 0.4) is 0 Å². The minimum atomic E-state index is -2.85. The van der Waals surface area contributed by atoms with Crippen molar-refractivity contribution in [3.8, 4) is 5.75 Å². The number of hydrogen-bond acceptors (Lipinski definition) is 5. The van der Waals surface area contributed by atoms with Gasteiger partial charge in [0.1, 0.15) is 5.75 Å². The monoisotopic (exact) mass is 233 g/mol. The van der Waals surface area contributed by atoms with E-state index in [2.05, 4.69) is 0 Å². The van der Waals surface area contributed by atoms with E-state index in [0.29, 0.717) is 16.3 Å². The first kappa shape index (κ1) is 11.2. The summed E-state index contributed by atoms with van der Waals surface area (Å²) in [7, 11) is -0.0399. The molecule has 14 heavy (non-hydrogen) atoms. The Morgan fingerprint density at radius 3 is 2.50 bits per heavy atom. The molecule has 1 aromatic carbocycles. The standard InChI is InChI=1S/C8H11NO3S2/c1-11-8-4-3-6(5-7(8)9)14(10,13)12-2/h3-5H,9H2,1-2H3. The van der Waals surface area contributed by atoms with E-state index in [1.165, 1.54) is 20.3 Å². The van der Waals surface area contributed by atoms with Crippen LogP contribution in [-0.2, 0) is 24.1 Å². The Kier molecular flexibility index (Phi) is 3.30. The first-order chi connectivity index (χ1) is 6.51. The largest absolute Gasteiger partial charge is 0.495 e. The van der Waals surface area contributed by atoms with E-state index in [-0.39, 0.29) is 0 Å². The molecule has 1 unspecified atom stereocenters. The Bertz CT molecular complexity index is 428. The van der Waals surface area contributed by atoms with Crippen molar-refractivity contribution >= 4 is 25.6 Å². The molecule has 0 fully saturated rings. The predicted molar refractivity (Wildman–Crippen MR) is 58.2 cm³/mol. The summed E-state index contributed by atoms with van der Waals surface area (Å²) in [6.07, 6.45) is 0. The smallest absolute Gasteiger partial charge is 0.173 e. The molecule has 2 N–H and O–H groups in total. The van der Waals surface area contributed by atoms with E-state index in [1.807, 2.05) is 0 Å². The van der Waals surface area contributed by atoms with Gasteiger partial charge in [-0.3, -0.25) is 4.18 Å². The average Bonchev–Trinajstić information content (AvgIpc) is 2.17. The third kappa shape index (κ3) is 2.14. The van der Waals surface area contributed by atoms with Gasteiger partial charge in [-0.25, -0.2) is 4.21 Å². The van der Waals surface area contributed by atoms with E-state index >= 15 is 0 Å².